The highest BCUT2D eigenvalue weighted by molar-refractivity contribution is 5.76. The lowest BCUT2D eigenvalue weighted by atomic mass is 10.1. The molecule has 0 atom stereocenters. The number of carbonyl (C=O) groups excluding carboxylic acids is 1. The van der Waals surface area contributed by atoms with Crippen molar-refractivity contribution in [1.82, 2.24) is 30.0 Å². The summed E-state index contributed by atoms with van der Waals surface area (Å²) in [5.41, 5.74) is 0.468. The Labute approximate surface area is 220 Å². The summed E-state index contributed by atoms with van der Waals surface area (Å²) < 4.78 is 1.84. The first-order valence-electron chi connectivity index (χ1n) is 14.1. The molecule has 0 unspecified atom stereocenters. The molecule has 0 aromatic carbocycles. The minimum Gasteiger partial charge on any atom is -0.352 e. The van der Waals surface area contributed by atoms with Gasteiger partial charge in [0.1, 0.15) is 11.3 Å². The number of carbonyl (C=O) groups is 1. The van der Waals surface area contributed by atoms with Crippen LogP contribution < -0.4 is 20.6 Å². The lowest BCUT2D eigenvalue weighted by Gasteiger charge is -2.35. The van der Waals surface area contributed by atoms with Gasteiger partial charge in [0, 0.05) is 77.7 Å². The fourth-order valence-corrected chi connectivity index (χ4v) is 5.05. The molecule has 2 aliphatic rings. The fraction of sp³-hybridized carbons (Fsp3) is 0.667. The Hall–Kier alpha value is -3.01. The van der Waals surface area contributed by atoms with Crippen molar-refractivity contribution in [1.29, 1.82) is 5.41 Å². The molecule has 0 bridgehead atoms. The van der Waals surface area contributed by atoms with Crippen molar-refractivity contribution in [3.63, 3.8) is 0 Å². The second-order valence-electron chi connectivity index (χ2n) is 10.0. The summed E-state index contributed by atoms with van der Waals surface area (Å²) in [6.07, 6.45) is 13.6. The second-order valence-corrected chi connectivity index (χ2v) is 10.0. The van der Waals surface area contributed by atoms with E-state index in [1.807, 2.05) is 27.8 Å². The number of hydrogen-bond acceptors (Lipinski definition) is 8. The van der Waals surface area contributed by atoms with Crippen LogP contribution in [0.4, 0.5) is 11.8 Å². The Balaban J connectivity index is 1.07. The summed E-state index contributed by atoms with van der Waals surface area (Å²) in [6, 6.07) is 5.67. The van der Waals surface area contributed by atoms with Crippen LogP contribution in [0.5, 0.6) is 0 Å². The molecule has 2 aliphatic heterocycles. The summed E-state index contributed by atoms with van der Waals surface area (Å²) >= 11 is 0. The average Bonchev–Trinajstić information content (AvgIpc) is 2.96. The Morgan fingerprint density at radius 2 is 1.43 bits per heavy atom. The molecule has 0 radical (unpaired) electrons. The van der Waals surface area contributed by atoms with Crippen molar-refractivity contribution in [3.8, 4) is 0 Å². The van der Waals surface area contributed by atoms with Gasteiger partial charge in [-0.2, -0.15) is 5.10 Å². The summed E-state index contributed by atoms with van der Waals surface area (Å²) in [7, 11) is 0. The van der Waals surface area contributed by atoms with E-state index in [4.69, 9.17) is 10.5 Å². The number of rotatable bonds is 13. The van der Waals surface area contributed by atoms with E-state index < -0.39 is 0 Å². The maximum absolute atomic E-state index is 12.2. The highest BCUT2D eigenvalue weighted by Gasteiger charge is 2.20. The molecular weight excluding hydrogens is 466 g/mol. The maximum Gasteiger partial charge on any atom is 0.225 e. The van der Waals surface area contributed by atoms with E-state index in [0.29, 0.717) is 17.8 Å². The van der Waals surface area contributed by atoms with Gasteiger partial charge in [-0.1, -0.05) is 38.5 Å². The number of aromatic nitrogens is 4. The Bertz CT molecular complexity index is 998. The van der Waals surface area contributed by atoms with Crippen LogP contribution in [0.25, 0.3) is 0 Å². The van der Waals surface area contributed by atoms with Gasteiger partial charge >= 0.3 is 0 Å². The highest BCUT2D eigenvalue weighted by atomic mass is 16.2. The van der Waals surface area contributed by atoms with E-state index in [2.05, 4.69) is 25.1 Å². The predicted octanol–water partition coefficient (Wildman–Crippen LogP) is 2.42. The van der Waals surface area contributed by atoms with Crippen molar-refractivity contribution >= 4 is 17.7 Å². The molecule has 37 heavy (non-hydrogen) atoms. The van der Waals surface area contributed by atoms with Crippen LogP contribution in [-0.4, -0.2) is 82.9 Å². The number of nitrogens with zero attached hydrogens (tertiary/aromatic N) is 7. The number of aryl methyl sites for hydroxylation is 1. The fourth-order valence-electron chi connectivity index (χ4n) is 5.05. The number of nitrogens with one attached hydrogen (secondary N) is 2. The smallest absolute Gasteiger partial charge is 0.225 e. The van der Waals surface area contributed by atoms with Crippen molar-refractivity contribution in [2.24, 2.45) is 0 Å². The highest BCUT2D eigenvalue weighted by Crippen LogP contribution is 2.15. The maximum atomic E-state index is 12.2. The standard InChI is InChI=1S/C27H43N9O/c28-24-11-12-25(33-20-22-35(23-21-33)27-30-13-9-14-31-27)32-36(24)17-8-6-4-2-1-3-5-7-10-26(37)34-18-15-29-16-19-34/h9,11-14,28-29H,1-8,10,15-23H2. The zero-order valence-corrected chi connectivity index (χ0v) is 22.2. The Morgan fingerprint density at radius 1 is 0.811 bits per heavy atom. The van der Waals surface area contributed by atoms with Crippen molar-refractivity contribution in [3.05, 3.63) is 36.1 Å². The molecule has 0 spiro atoms. The van der Waals surface area contributed by atoms with E-state index in [1.165, 1.54) is 25.7 Å². The third-order valence-corrected chi connectivity index (χ3v) is 7.31. The van der Waals surface area contributed by atoms with E-state index in [1.54, 1.807) is 12.4 Å². The normalized spacial score (nSPS) is 16.3. The number of anilines is 2. The molecule has 2 saturated heterocycles. The molecule has 4 heterocycles. The molecule has 2 fully saturated rings. The van der Waals surface area contributed by atoms with Gasteiger partial charge in [-0.15, -0.1) is 0 Å². The van der Waals surface area contributed by atoms with Crippen LogP contribution in [0.15, 0.2) is 30.6 Å². The van der Waals surface area contributed by atoms with Gasteiger partial charge in [0.15, 0.2) is 0 Å². The second kappa shape index (κ2) is 14.7. The monoisotopic (exact) mass is 509 g/mol. The van der Waals surface area contributed by atoms with E-state index in [-0.39, 0.29) is 0 Å². The zero-order valence-electron chi connectivity index (χ0n) is 22.2. The van der Waals surface area contributed by atoms with Crippen molar-refractivity contribution in [2.75, 3.05) is 62.2 Å². The molecule has 202 valence electrons. The lowest BCUT2D eigenvalue weighted by Crippen LogP contribution is -2.47. The van der Waals surface area contributed by atoms with E-state index in [9.17, 15) is 4.79 Å². The van der Waals surface area contributed by atoms with Crippen molar-refractivity contribution in [2.45, 2.75) is 64.3 Å². The summed E-state index contributed by atoms with van der Waals surface area (Å²) in [5.74, 6) is 2.06. The van der Waals surface area contributed by atoms with Crippen LogP contribution in [0, 0.1) is 5.41 Å². The molecule has 10 nitrogen and oxygen atoms in total. The van der Waals surface area contributed by atoms with Gasteiger partial charge in [0.2, 0.25) is 11.9 Å². The van der Waals surface area contributed by atoms with Crippen LogP contribution in [0.3, 0.4) is 0 Å². The third-order valence-electron chi connectivity index (χ3n) is 7.31. The number of amides is 1. The molecule has 2 aromatic heterocycles. The Morgan fingerprint density at radius 3 is 2.14 bits per heavy atom. The largest absolute Gasteiger partial charge is 0.352 e. The zero-order chi connectivity index (χ0) is 25.7. The number of hydrogen-bond donors (Lipinski definition) is 2. The number of unbranched alkanes of at least 4 members (excludes halogenated alkanes) is 7. The first-order valence-corrected chi connectivity index (χ1v) is 14.1. The first kappa shape index (κ1) is 27.0. The lowest BCUT2D eigenvalue weighted by molar-refractivity contribution is -0.131. The van der Waals surface area contributed by atoms with Gasteiger partial charge in [0.05, 0.1) is 0 Å². The quantitative estimate of drug-likeness (QED) is 0.400. The minimum absolute atomic E-state index is 0.328. The third kappa shape index (κ3) is 8.52. The summed E-state index contributed by atoms with van der Waals surface area (Å²) in [5, 5.41) is 16.3. The average molecular weight is 510 g/mol. The van der Waals surface area contributed by atoms with Crippen LogP contribution in [0.2, 0.25) is 0 Å². The van der Waals surface area contributed by atoms with Crippen LogP contribution >= 0.6 is 0 Å². The molecule has 2 aromatic rings. The Kier molecular flexibility index (Phi) is 10.7. The molecule has 1 amide bonds. The molecule has 10 heteroatoms. The van der Waals surface area contributed by atoms with Crippen LogP contribution in [0.1, 0.15) is 57.8 Å². The van der Waals surface area contributed by atoms with Gasteiger partial charge in [0.25, 0.3) is 0 Å². The molecule has 2 N–H and O–H groups in total. The SMILES string of the molecule is N=c1ccc(N2CCN(c3ncccn3)CC2)nn1CCCCCCCCCCC(=O)N1CCNCC1. The van der Waals surface area contributed by atoms with Crippen molar-refractivity contribution < 1.29 is 4.79 Å². The first-order chi connectivity index (χ1) is 18.2. The predicted molar refractivity (Wildman–Crippen MR) is 146 cm³/mol. The van der Waals surface area contributed by atoms with E-state index >= 15 is 0 Å². The van der Waals surface area contributed by atoms with Gasteiger partial charge in [-0.25, -0.2) is 14.6 Å². The van der Waals surface area contributed by atoms with Gasteiger partial charge < -0.3 is 20.0 Å². The van der Waals surface area contributed by atoms with Gasteiger partial charge in [-0.3, -0.25) is 10.2 Å². The molecular formula is C27H43N9O. The van der Waals surface area contributed by atoms with Crippen LogP contribution in [-0.2, 0) is 11.3 Å². The topological polar surface area (TPSA) is 106 Å². The van der Waals surface area contributed by atoms with E-state index in [0.717, 1.165) is 96.4 Å². The summed E-state index contributed by atoms with van der Waals surface area (Å²) in [6.45, 7) is 7.83. The molecule has 4 rings (SSSR count). The number of piperazine rings is 2. The summed E-state index contributed by atoms with van der Waals surface area (Å²) in [4.78, 5) is 27.4. The molecule has 0 saturated carbocycles. The minimum atomic E-state index is 0.328. The van der Waals surface area contributed by atoms with Gasteiger partial charge in [-0.05, 0) is 31.0 Å². The molecule has 0 aliphatic carbocycles.